The number of nitrogens with one attached hydrogen (secondary N) is 3. The van der Waals surface area contributed by atoms with Crippen LogP contribution < -0.4 is 16.1 Å². The van der Waals surface area contributed by atoms with Crippen molar-refractivity contribution in [1.82, 2.24) is 16.1 Å². The van der Waals surface area contributed by atoms with E-state index in [2.05, 4.69) is 16.1 Å². The van der Waals surface area contributed by atoms with Crippen molar-refractivity contribution in [3.8, 4) is 0 Å². The summed E-state index contributed by atoms with van der Waals surface area (Å²) in [6.07, 6.45) is 0.920. The average Bonchev–Trinajstić information content (AvgIpc) is 2.72. The molecule has 3 N–H and O–H groups in total. The molecule has 1 aliphatic heterocycles. The zero-order chi connectivity index (χ0) is 14.4. The highest BCUT2D eigenvalue weighted by Gasteiger charge is 2.33. The van der Waals surface area contributed by atoms with Crippen LogP contribution in [-0.2, 0) is 19.2 Å². The Kier molecular flexibility index (Phi) is 5.91. The SMILES string of the molecule is CONC(CC1CCNC1=O)C(=O)C(=O)NC(C)C. The first-order valence-electron chi connectivity index (χ1n) is 6.36. The quantitative estimate of drug-likeness (QED) is 0.413. The molecule has 7 heteroatoms. The molecule has 0 aromatic carbocycles. The molecule has 0 radical (unpaired) electrons. The van der Waals surface area contributed by atoms with Gasteiger partial charge in [0.15, 0.2) is 0 Å². The fourth-order valence-corrected chi connectivity index (χ4v) is 2.00. The standard InChI is InChI=1S/C12H21N3O4/c1-7(2)14-12(18)10(16)9(15-19-3)6-8-4-5-13-11(8)17/h7-9,15H,4-6H2,1-3H3,(H,13,17)(H,14,18). The Bertz CT molecular complexity index is 357. The van der Waals surface area contributed by atoms with Crippen molar-refractivity contribution < 1.29 is 19.2 Å². The maximum absolute atomic E-state index is 12.0. The molecule has 1 rings (SSSR count). The molecule has 2 unspecified atom stereocenters. The van der Waals surface area contributed by atoms with Crippen LogP contribution in [0.25, 0.3) is 0 Å². The van der Waals surface area contributed by atoms with E-state index in [1.54, 1.807) is 13.8 Å². The summed E-state index contributed by atoms with van der Waals surface area (Å²) in [7, 11) is 1.37. The van der Waals surface area contributed by atoms with Gasteiger partial charge in [-0.05, 0) is 26.7 Å². The van der Waals surface area contributed by atoms with Gasteiger partial charge in [0.05, 0.1) is 7.11 Å². The summed E-state index contributed by atoms with van der Waals surface area (Å²) in [4.78, 5) is 39.9. The maximum Gasteiger partial charge on any atom is 0.289 e. The van der Waals surface area contributed by atoms with E-state index in [-0.39, 0.29) is 24.3 Å². The zero-order valence-electron chi connectivity index (χ0n) is 11.5. The summed E-state index contributed by atoms with van der Waals surface area (Å²) in [6, 6.07) is -0.924. The van der Waals surface area contributed by atoms with Crippen LogP contribution >= 0.6 is 0 Å². The van der Waals surface area contributed by atoms with Crippen LogP contribution in [0.4, 0.5) is 0 Å². The van der Waals surface area contributed by atoms with Crippen molar-refractivity contribution in [3.63, 3.8) is 0 Å². The molecule has 0 aliphatic carbocycles. The second-order valence-corrected chi connectivity index (χ2v) is 4.88. The third-order valence-electron chi connectivity index (χ3n) is 2.90. The molecule has 19 heavy (non-hydrogen) atoms. The minimum atomic E-state index is -0.808. The van der Waals surface area contributed by atoms with Crippen molar-refractivity contribution in [3.05, 3.63) is 0 Å². The van der Waals surface area contributed by atoms with Crippen LogP contribution in [0.5, 0.6) is 0 Å². The number of carbonyl (C=O) groups excluding carboxylic acids is 3. The molecule has 1 aliphatic rings. The van der Waals surface area contributed by atoms with Crippen molar-refractivity contribution >= 4 is 17.6 Å². The fraction of sp³-hybridized carbons (Fsp3) is 0.750. The van der Waals surface area contributed by atoms with Gasteiger partial charge < -0.3 is 15.5 Å². The Labute approximate surface area is 112 Å². The Morgan fingerprint density at radius 3 is 2.63 bits per heavy atom. The number of carbonyl (C=O) groups is 3. The molecule has 1 fully saturated rings. The van der Waals surface area contributed by atoms with E-state index in [0.717, 1.165) is 0 Å². The summed E-state index contributed by atoms with van der Waals surface area (Å²) in [5.74, 6) is -1.62. The number of Topliss-reactive ketones (excluding diaryl/α,β-unsaturated/α-hetero) is 1. The molecule has 1 saturated heterocycles. The van der Waals surface area contributed by atoms with E-state index in [9.17, 15) is 14.4 Å². The Hall–Kier alpha value is -1.47. The number of hydrogen-bond acceptors (Lipinski definition) is 5. The van der Waals surface area contributed by atoms with Crippen LogP contribution in [-0.4, -0.2) is 43.3 Å². The van der Waals surface area contributed by atoms with Crippen LogP contribution in [0.15, 0.2) is 0 Å². The minimum absolute atomic E-state index is 0.0834. The molecule has 0 spiro atoms. The van der Waals surface area contributed by atoms with Gasteiger partial charge in [-0.15, -0.1) is 0 Å². The highest BCUT2D eigenvalue weighted by Crippen LogP contribution is 2.16. The first kappa shape index (κ1) is 15.6. The molecular formula is C12H21N3O4. The van der Waals surface area contributed by atoms with E-state index < -0.39 is 17.7 Å². The molecule has 0 aromatic heterocycles. The number of hydroxylamine groups is 1. The van der Waals surface area contributed by atoms with Gasteiger partial charge >= 0.3 is 0 Å². The number of ketones is 1. The highest BCUT2D eigenvalue weighted by molar-refractivity contribution is 6.38. The van der Waals surface area contributed by atoms with E-state index in [1.165, 1.54) is 7.11 Å². The lowest BCUT2D eigenvalue weighted by Crippen LogP contribution is -2.47. The first-order valence-corrected chi connectivity index (χ1v) is 6.36. The Balaban J connectivity index is 2.62. The molecule has 7 nitrogen and oxygen atoms in total. The molecule has 0 saturated carbocycles. The van der Waals surface area contributed by atoms with Gasteiger partial charge in [0.25, 0.3) is 5.91 Å². The monoisotopic (exact) mass is 271 g/mol. The number of hydrogen-bond donors (Lipinski definition) is 3. The lowest BCUT2D eigenvalue weighted by Gasteiger charge is -2.18. The first-order chi connectivity index (χ1) is 8.95. The normalized spacial score (nSPS) is 20.2. The van der Waals surface area contributed by atoms with Gasteiger partial charge in [-0.25, -0.2) is 0 Å². The Morgan fingerprint density at radius 1 is 1.47 bits per heavy atom. The van der Waals surface area contributed by atoms with Crippen LogP contribution in [0.3, 0.4) is 0 Å². The molecule has 1 heterocycles. The van der Waals surface area contributed by atoms with Crippen LogP contribution in [0.2, 0.25) is 0 Å². The maximum atomic E-state index is 12.0. The lowest BCUT2D eigenvalue weighted by atomic mass is 9.96. The largest absolute Gasteiger partial charge is 0.356 e. The van der Waals surface area contributed by atoms with E-state index in [1.807, 2.05) is 0 Å². The summed E-state index contributed by atoms with van der Waals surface area (Å²) in [5.41, 5.74) is 2.49. The zero-order valence-corrected chi connectivity index (χ0v) is 11.5. The third kappa shape index (κ3) is 4.60. The minimum Gasteiger partial charge on any atom is -0.356 e. The van der Waals surface area contributed by atoms with Gasteiger partial charge in [0.1, 0.15) is 6.04 Å². The van der Waals surface area contributed by atoms with Crippen molar-refractivity contribution in [2.75, 3.05) is 13.7 Å². The van der Waals surface area contributed by atoms with E-state index in [4.69, 9.17) is 4.84 Å². The lowest BCUT2D eigenvalue weighted by molar-refractivity contribution is -0.142. The summed E-state index contributed by atoms with van der Waals surface area (Å²) in [5, 5.41) is 5.23. The predicted octanol–water partition coefficient (Wildman–Crippen LogP) is -0.874. The topological polar surface area (TPSA) is 96.5 Å². The molecule has 0 bridgehead atoms. The number of rotatable bonds is 7. The number of amides is 2. The second kappa shape index (κ2) is 7.20. The summed E-state index contributed by atoms with van der Waals surface area (Å²) in [6.45, 7) is 4.15. The average molecular weight is 271 g/mol. The van der Waals surface area contributed by atoms with Gasteiger partial charge in [-0.2, -0.15) is 5.48 Å². The van der Waals surface area contributed by atoms with Gasteiger partial charge in [-0.1, -0.05) is 0 Å². The molecular weight excluding hydrogens is 250 g/mol. The van der Waals surface area contributed by atoms with Crippen molar-refractivity contribution in [2.24, 2.45) is 5.92 Å². The van der Waals surface area contributed by atoms with Crippen LogP contribution in [0, 0.1) is 5.92 Å². The molecule has 2 amide bonds. The van der Waals surface area contributed by atoms with E-state index in [0.29, 0.717) is 13.0 Å². The molecule has 0 aromatic rings. The predicted molar refractivity (Wildman–Crippen MR) is 68.0 cm³/mol. The second-order valence-electron chi connectivity index (χ2n) is 4.88. The molecule has 2 atom stereocenters. The van der Waals surface area contributed by atoms with Gasteiger partial charge in [0, 0.05) is 18.5 Å². The van der Waals surface area contributed by atoms with E-state index >= 15 is 0 Å². The summed E-state index contributed by atoms with van der Waals surface area (Å²) >= 11 is 0. The van der Waals surface area contributed by atoms with Crippen molar-refractivity contribution in [1.29, 1.82) is 0 Å². The summed E-state index contributed by atoms with van der Waals surface area (Å²) < 4.78 is 0. The fourth-order valence-electron chi connectivity index (χ4n) is 2.00. The smallest absolute Gasteiger partial charge is 0.289 e. The third-order valence-corrected chi connectivity index (χ3v) is 2.90. The van der Waals surface area contributed by atoms with Gasteiger partial charge in [-0.3, -0.25) is 14.4 Å². The molecule has 108 valence electrons. The van der Waals surface area contributed by atoms with Gasteiger partial charge in [0.2, 0.25) is 11.7 Å². The highest BCUT2D eigenvalue weighted by atomic mass is 16.6. The Morgan fingerprint density at radius 2 is 2.16 bits per heavy atom. The van der Waals surface area contributed by atoms with Crippen LogP contribution in [0.1, 0.15) is 26.7 Å². The van der Waals surface area contributed by atoms with Crippen molar-refractivity contribution in [2.45, 2.75) is 38.8 Å².